The lowest BCUT2D eigenvalue weighted by atomic mass is 10.1. The van der Waals surface area contributed by atoms with Crippen LogP contribution in [-0.4, -0.2) is 25.2 Å². The number of fused-ring (bicyclic) bond motifs is 1. The average molecular weight is 403 g/mol. The summed E-state index contributed by atoms with van der Waals surface area (Å²) in [6.07, 6.45) is 1.30. The van der Waals surface area contributed by atoms with Crippen molar-refractivity contribution < 1.29 is 28.3 Å². The number of hydrogen-bond donors (Lipinski definition) is 1. The summed E-state index contributed by atoms with van der Waals surface area (Å²) in [5.41, 5.74) is 3.23. The van der Waals surface area contributed by atoms with Gasteiger partial charge in [0.05, 0.1) is 19.3 Å². The maximum atomic E-state index is 12.3. The van der Waals surface area contributed by atoms with Crippen molar-refractivity contribution in [3.8, 4) is 17.1 Å². The second-order valence-corrected chi connectivity index (χ2v) is 6.22. The lowest BCUT2D eigenvalue weighted by Crippen LogP contribution is -2.22. The molecule has 0 fully saturated rings. The van der Waals surface area contributed by atoms with E-state index in [1.54, 1.807) is 54.6 Å². The van der Waals surface area contributed by atoms with Crippen LogP contribution in [0, 0.1) is 0 Å². The van der Waals surface area contributed by atoms with Gasteiger partial charge in [-0.25, -0.2) is 5.43 Å². The van der Waals surface area contributed by atoms with Crippen molar-refractivity contribution in [2.75, 3.05) is 7.11 Å². The number of ether oxygens (including phenoxy) is 1. The van der Waals surface area contributed by atoms with E-state index in [0.29, 0.717) is 28.4 Å². The Labute approximate surface area is 170 Å². The summed E-state index contributed by atoms with van der Waals surface area (Å²) in [7, 11) is 1.52. The Morgan fingerprint density at radius 1 is 1.07 bits per heavy atom. The van der Waals surface area contributed by atoms with Crippen LogP contribution in [0.25, 0.3) is 22.3 Å². The quantitative estimate of drug-likeness (QED) is 0.391. The van der Waals surface area contributed by atoms with Crippen LogP contribution in [0.5, 0.6) is 5.75 Å². The number of aromatic carboxylic acids is 1. The number of para-hydroxylation sites is 1. The van der Waals surface area contributed by atoms with Crippen molar-refractivity contribution in [1.82, 2.24) is 5.43 Å². The fraction of sp³-hybridized carbons (Fsp3) is 0.0455. The topological polar surface area (TPSA) is 117 Å². The summed E-state index contributed by atoms with van der Waals surface area (Å²) in [4.78, 5) is 23.5. The third-order valence-corrected chi connectivity index (χ3v) is 4.35. The number of benzene rings is 2. The second-order valence-electron chi connectivity index (χ2n) is 6.22. The van der Waals surface area contributed by atoms with E-state index < -0.39 is 11.9 Å². The number of carboxylic acids is 1. The lowest BCUT2D eigenvalue weighted by molar-refractivity contribution is -0.254. The summed E-state index contributed by atoms with van der Waals surface area (Å²) < 4.78 is 16.4. The molecule has 0 saturated heterocycles. The Kier molecular flexibility index (Phi) is 5.04. The number of rotatable bonds is 6. The van der Waals surface area contributed by atoms with Crippen LogP contribution >= 0.6 is 0 Å². The molecule has 0 unspecified atom stereocenters. The number of hydrazone groups is 1. The van der Waals surface area contributed by atoms with E-state index in [2.05, 4.69) is 10.5 Å². The summed E-state index contributed by atoms with van der Waals surface area (Å²) in [5, 5.41) is 15.8. The smallest absolute Gasteiger partial charge is 0.307 e. The summed E-state index contributed by atoms with van der Waals surface area (Å²) in [5.74, 6) is -0.577. The number of carbonyl (C=O) groups excluding carboxylic acids is 2. The predicted molar refractivity (Wildman–Crippen MR) is 106 cm³/mol. The minimum absolute atomic E-state index is 0.0176. The van der Waals surface area contributed by atoms with Crippen molar-refractivity contribution in [1.29, 1.82) is 0 Å². The maximum absolute atomic E-state index is 12.3. The molecular formula is C22H15N2O6-. The van der Waals surface area contributed by atoms with Crippen molar-refractivity contribution in [2.45, 2.75) is 0 Å². The van der Waals surface area contributed by atoms with Gasteiger partial charge in [-0.05, 0) is 24.3 Å². The largest absolute Gasteiger partial charge is 0.545 e. The third-order valence-electron chi connectivity index (χ3n) is 4.35. The van der Waals surface area contributed by atoms with Gasteiger partial charge < -0.3 is 23.5 Å². The van der Waals surface area contributed by atoms with Crippen LogP contribution in [0.1, 0.15) is 26.7 Å². The van der Waals surface area contributed by atoms with Gasteiger partial charge in [0.15, 0.2) is 17.1 Å². The number of hydrogen-bond acceptors (Lipinski definition) is 7. The molecular weight excluding hydrogens is 388 g/mol. The molecule has 8 nitrogen and oxygen atoms in total. The van der Waals surface area contributed by atoms with Crippen molar-refractivity contribution in [3.05, 3.63) is 77.7 Å². The average Bonchev–Trinajstić information content (AvgIpc) is 3.40. The van der Waals surface area contributed by atoms with E-state index in [4.69, 9.17) is 13.6 Å². The van der Waals surface area contributed by atoms with E-state index in [0.717, 1.165) is 5.39 Å². The highest BCUT2D eigenvalue weighted by Gasteiger charge is 2.14. The summed E-state index contributed by atoms with van der Waals surface area (Å²) in [6.45, 7) is 0. The van der Waals surface area contributed by atoms with Gasteiger partial charge in [0.2, 0.25) is 0 Å². The summed E-state index contributed by atoms with van der Waals surface area (Å²) >= 11 is 0. The van der Waals surface area contributed by atoms with Crippen LogP contribution in [0.4, 0.5) is 0 Å². The monoisotopic (exact) mass is 403 g/mol. The Balaban J connectivity index is 1.48. The highest BCUT2D eigenvalue weighted by molar-refractivity contribution is 5.97. The maximum Gasteiger partial charge on any atom is 0.307 e. The normalized spacial score (nSPS) is 11.1. The molecule has 0 spiro atoms. The standard InChI is InChI=1S/C22H16N2O6/c1-28-18-8-4-5-13-11-19(30-20(13)18)21(25)24-23-12-14-9-10-17(29-14)15-6-2-3-7-16(15)22(26)27/h2-12H,1H3,(H,24,25)(H,26,27)/p-1/b23-12-. The molecule has 0 aliphatic rings. The number of methoxy groups -OCH3 is 1. The molecule has 2 aromatic heterocycles. The molecule has 0 atom stereocenters. The molecule has 8 heteroatoms. The first-order chi connectivity index (χ1) is 14.6. The Morgan fingerprint density at radius 2 is 1.90 bits per heavy atom. The molecule has 4 aromatic rings. The zero-order chi connectivity index (χ0) is 21.1. The van der Waals surface area contributed by atoms with Crippen LogP contribution in [0.3, 0.4) is 0 Å². The molecule has 1 amide bonds. The molecule has 2 aromatic carbocycles. The molecule has 0 bridgehead atoms. The molecule has 0 saturated carbocycles. The van der Waals surface area contributed by atoms with Gasteiger partial charge in [-0.1, -0.05) is 36.4 Å². The molecule has 4 rings (SSSR count). The van der Waals surface area contributed by atoms with Gasteiger partial charge in [0.1, 0.15) is 11.5 Å². The number of carboxylic acid groups (broad SMARTS) is 1. The van der Waals surface area contributed by atoms with Gasteiger partial charge in [-0.2, -0.15) is 5.10 Å². The van der Waals surface area contributed by atoms with Crippen molar-refractivity contribution in [3.63, 3.8) is 0 Å². The zero-order valence-electron chi connectivity index (χ0n) is 15.7. The summed E-state index contributed by atoms with van der Waals surface area (Å²) in [6, 6.07) is 16.5. The molecule has 150 valence electrons. The Morgan fingerprint density at radius 3 is 2.70 bits per heavy atom. The molecule has 2 heterocycles. The van der Waals surface area contributed by atoms with Gasteiger partial charge >= 0.3 is 5.91 Å². The fourth-order valence-corrected chi connectivity index (χ4v) is 2.96. The van der Waals surface area contributed by atoms with Crippen LogP contribution < -0.4 is 15.3 Å². The first-order valence-electron chi connectivity index (χ1n) is 8.87. The van der Waals surface area contributed by atoms with Crippen LogP contribution in [0.15, 0.2) is 74.6 Å². The third kappa shape index (κ3) is 3.66. The Bertz CT molecular complexity index is 1270. The van der Waals surface area contributed by atoms with E-state index >= 15 is 0 Å². The minimum Gasteiger partial charge on any atom is -0.545 e. The second kappa shape index (κ2) is 7.96. The van der Waals surface area contributed by atoms with Gasteiger partial charge in [-0.15, -0.1) is 0 Å². The van der Waals surface area contributed by atoms with Crippen LogP contribution in [-0.2, 0) is 0 Å². The first kappa shape index (κ1) is 19.0. The number of nitrogens with zero attached hydrogens (tertiary/aromatic N) is 1. The molecule has 1 N–H and O–H groups in total. The van der Waals surface area contributed by atoms with E-state index in [9.17, 15) is 14.7 Å². The number of carbonyl (C=O) groups is 2. The van der Waals surface area contributed by atoms with Gasteiger partial charge in [0.25, 0.3) is 0 Å². The van der Waals surface area contributed by atoms with Crippen LogP contribution in [0.2, 0.25) is 0 Å². The number of nitrogens with one attached hydrogen (secondary N) is 1. The minimum atomic E-state index is -1.30. The van der Waals surface area contributed by atoms with E-state index in [-0.39, 0.29) is 11.3 Å². The fourth-order valence-electron chi connectivity index (χ4n) is 2.96. The SMILES string of the molecule is COc1cccc2cc(C(=O)N/N=C\c3ccc(-c4ccccc4C(=O)[O-])o3)oc12. The molecule has 0 aliphatic carbocycles. The van der Waals surface area contributed by atoms with E-state index in [1.807, 2.05) is 0 Å². The highest BCUT2D eigenvalue weighted by atomic mass is 16.5. The van der Waals surface area contributed by atoms with Gasteiger partial charge in [0, 0.05) is 16.5 Å². The lowest BCUT2D eigenvalue weighted by Gasteiger charge is -2.07. The van der Waals surface area contributed by atoms with Crippen molar-refractivity contribution in [2.24, 2.45) is 5.10 Å². The van der Waals surface area contributed by atoms with Crippen molar-refractivity contribution >= 4 is 29.1 Å². The van der Waals surface area contributed by atoms with E-state index in [1.165, 1.54) is 19.4 Å². The molecule has 0 radical (unpaired) electrons. The molecule has 0 aliphatic heterocycles. The number of furan rings is 2. The van der Waals surface area contributed by atoms with Gasteiger partial charge in [-0.3, -0.25) is 4.79 Å². The molecule has 30 heavy (non-hydrogen) atoms. The first-order valence-corrected chi connectivity index (χ1v) is 8.87. The Hall–Kier alpha value is -4.33. The zero-order valence-corrected chi connectivity index (χ0v) is 15.7. The number of amides is 1. The highest BCUT2D eigenvalue weighted by Crippen LogP contribution is 2.28. The predicted octanol–water partition coefficient (Wildman–Crippen LogP) is 2.83.